The van der Waals surface area contributed by atoms with E-state index in [2.05, 4.69) is 0 Å². The van der Waals surface area contributed by atoms with Gasteiger partial charge in [-0.25, -0.2) is 4.39 Å². The quantitative estimate of drug-likeness (QED) is 0.615. The van der Waals surface area contributed by atoms with Gasteiger partial charge in [0.25, 0.3) is 0 Å². The number of amidine groups is 1. The van der Waals surface area contributed by atoms with Crippen molar-refractivity contribution in [1.29, 1.82) is 5.41 Å². The van der Waals surface area contributed by atoms with Crippen LogP contribution in [0.1, 0.15) is 17.5 Å². The van der Waals surface area contributed by atoms with Crippen LogP contribution in [-0.4, -0.2) is 25.2 Å². The molecule has 1 aliphatic heterocycles. The van der Waals surface area contributed by atoms with E-state index in [0.717, 1.165) is 12.0 Å². The maximum absolute atomic E-state index is 13.0. The summed E-state index contributed by atoms with van der Waals surface area (Å²) < 4.78 is 23.8. The first-order chi connectivity index (χ1) is 8.16. The normalized spacial score (nSPS) is 19.5. The molecular weight excluding hydrogens is 223 g/mol. The predicted molar refractivity (Wildman–Crippen MR) is 61.4 cm³/mol. The Morgan fingerprint density at radius 2 is 2.41 bits per heavy atom. The number of hydrogen-bond donors (Lipinski definition) is 2. The van der Waals surface area contributed by atoms with Crippen molar-refractivity contribution < 1.29 is 13.9 Å². The summed E-state index contributed by atoms with van der Waals surface area (Å²) in [6, 6.07) is 4.20. The standard InChI is InChI=1S/C12H15FN2O2/c13-9-2-1-8(11(5-9)12(14)15)6-17-10-3-4-16-7-10/h1-2,5,10H,3-4,6-7H2,(H3,14,15). The lowest BCUT2D eigenvalue weighted by molar-refractivity contribution is 0.0317. The summed E-state index contributed by atoms with van der Waals surface area (Å²) in [6.45, 7) is 1.63. The van der Waals surface area contributed by atoms with Crippen molar-refractivity contribution in [2.75, 3.05) is 13.2 Å². The summed E-state index contributed by atoms with van der Waals surface area (Å²) in [5.74, 6) is -0.547. The van der Waals surface area contributed by atoms with Gasteiger partial charge in [0.1, 0.15) is 11.7 Å². The van der Waals surface area contributed by atoms with Crippen LogP contribution in [-0.2, 0) is 16.1 Å². The molecule has 0 aliphatic carbocycles. The molecule has 1 unspecified atom stereocenters. The van der Waals surface area contributed by atoms with E-state index in [9.17, 15) is 4.39 Å². The average Bonchev–Trinajstić information content (AvgIpc) is 2.80. The van der Waals surface area contributed by atoms with E-state index in [1.807, 2.05) is 0 Å². The van der Waals surface area contributed by atoms with Gasteiger partial charge in [-0.1, -0.05) is 6.07 Å². The van der Waals surface area contributed by atoms with E-state index in [0.29, 0.717) is 25.4 Å². The van der Waals surface area contributed by atoms with Crippen molar-refractivity contribution in [3.63, 3.8) is 0 Å². The molecule has 5 heteroatoms. The van der Waals surface area contributed by atoms with Crippen LogP contribution in [0.3, 0.4) is 0 Å². The monoisotopic (exact) mass is 238 g/mol. The second-order valence-corrected chi connectivity index (χ2v) is 4.01. The Bertz CT molecular complexity index is 417. The van der Waals surface area contributed by atoms with Crippen LogP contribution in [0.5, 0.6) is 0 Å². The molecule has 4 nitrogen and oxygen atoms in total. The van der Waals surface area contributed by atoms with E-state index < -0.39 is 5.82 Å². The fourth-order valence-corrected chi connectivity index (χ4v) is 1.78. The molecule has 17 heavy (non-hydrogen) atoms. The highest BCUT2D eigenvalue weighted by atomic mass is 19.1. The summed E-state index contributed by atoms with van der Waals surface area (Å²) in [6.07, 6.45) is 0.955. The van der Waals surface area contributed by atoms with E-state index in [4.69, 9.17) is 20.6 Å². The number of hydrogen-bond acceptors (Lipinski definition) is 3. The molecule has 1 aliphatic rings. The summed E-state index contributed by atoms with van der Waals surface area (Å²) in [5.41, 5.74) is 6.52. The van der Waals surface area contributed by atoms with E-state index in [1.165, 1.54) is 12.1 Å². The molecule has 2 rings (SSSR count). The molecule has 1 heterocycles. The van der Waals surface area contributed by atoms with E-state index >= 15 is 0 Å². The van der Waals surface area contributed by atoms with Crippen LogP contribution in [0.4, 0.5) is 4.39 Å². The third kappa shape index (κ3) is 3.01. The van der Waals surface area contributed by atoms with Crippen molar-refractivity contribution in [3.05, 3.63) is 35.1 Å². The molecule has 0 spiro atoms. The number of ether oxygens (including phenoxy) is 2. The lowest BCUT2D eigenvalue weighted by Crippen LogP contribution is -2.17. The second-order valence-electron chi connectivity index (χ2n) is 4.01. The van der Waals surface area contributed by atoms with E-state index in [1.54, 1.807) is 6.07 Å². The molecule has 0 bridgehead atoms. The van der Waals surface area contributed by atoms with E-state index in [-0.39, 0.29) is 11.9 Å². The molecule has 1 aromatic carbocycles. The summed E-state index contributed by atoms with van der Waals surface area (Å²) in [5, 5.41) is 7.39. The number of nitrogen functional groups attached to an aromatic ring is 1. The summed E-state index contributed by atoms with van der Waals surface area (Å²) in [7, 11) is 0. The Labute approximate surface area is 99.0 Å². The molecule has 0 aromatic heterocycles. The molecule has 0 saturated carbocycles. The van der Waals surface area contributed by atoms with Gasteiger partial charge < -0.3 is 15.2 Å². The molecule has 1 saturated heterocycles. The first-order valence-corrected chi connectivity index (χ1v) is 5.49. The maximum atomic E-state index is 13.0. The number of nitrogens with two attached hydrogens (primary N) is 1. The van der Waals surface area contributed by atoms with Gasteiger partial charge in [0, 0.05) is 12.2 Å². The van der Waals surface area contributed by atoms with Gasteiger partial charge in [0.05, 0.1) is 19.3 Å². The van der Waals surface area contributed by atoms with Gasteiger partial charge in [-0.2, -0.15) is 0 Å². The molecule has 0 amide bonds. The molecule has 3 N–H and O–H groups in total. The zero-order valence-corrected chi connectivity index (χ0v) is 9.41. The zero-order valence-electron chi connectivity index (χ0n) is 9.41. The van der Waals surface area contributed by atoms with Crippen molar-refractivity contribution >= 4 is 5.84 Å². The molecule has 1 atom stereocenters. The topological polar surface area (TPSA) is 68.3 Å². The van der Waals surface area contributed by atoms with Crippen LogP contribution < -0.4 is 5.73 Å². The highest BCUT2D eigenvalue weighted by molar-refractivity contribution is 5.96. The first-order valence-electron chi connectivity index (χ1n) is 5.49. The van der Waals surface area contributed by atoms with Crippen LogP contribution >= 0.6 is 0 Å². The van der Waals surface area contributed by atoms with Crippen molar-refractivity contribution in [1.82, 2.24) is 0 Å². The molecule has 1 aromatic rings. The Kier molecular flexibility index (Phi) is 3.71. The largest absolute Gasteiger partial charge is 0.384 e. The Hall–Kier alpha value is -1.46. The maximum Gasteiger partial charge on any atom is 0.123 e. The zero-order chi connectivity index (χ0) is 12.3. The minimum atomic E-state index is -0.400. The Morgan fingerprint density at radius 3 is 3.06 bits per heavy atom. The Morgan fingerprint density at radius 1 is 1.59 bits per heavy atom. The number of halogens is 1. The third-order valence-corrected chi connectivity index (χ3v) is 2.72. The van der Waals surface area contributed by atoms with Crippen LogP contribution in [0.15, 0.2) is 18.2 Å². The van der Waals surface area contributed by atoms with Crippen LogP contribution in [0.2, 0.25) is 0 Å². The molecule has 1 fully saturated rings. The summed E-state index contributed by atoms with van der Waals surface area (Å²) >= 11 is 0. The van der Waals surface area contributed by atoms with Crippen molar-refractivity contribution in [2.24, 2.45) is 5.73 Å². The lowest BCUT2D eigenvalue weighted by Gasteiger charge is -2.12. The highest BCUT2D eigenvalue weighted by Crippen LogP contribution is 2.15. The number of benzene rings is 1. The minimum Gasteiger partial charge on any atom is -0.384 e. The summed E-state index contributed by atoms with van der Waals surface area (Å²) in [4.78, 5) is 0. The fourth-order valence-electron chi connectivity index (χ4n) is 1.78. The van der Waals surface area contributed by atoms with Crippen molar-refractivity contribution in [2.45, 2.75) is 19.1 Å². The SMILES string of the molecule is N=C(N)c1cc(F)ccc1COC1CCOC1. The second kappa shape index (κ2) is 5.25. The first kappa shape index (κ1) is 12.0. The van der Waals surface area contributed by atoms with Gasteiger partial charge in [0.15, 0.2) is 0 Å². The van der Waals surface area contributed by atoms with Crippen LogP contribution in [0.25, 0.3) is 0 Å². The van der Waals surface area contributed by atoms with Crippen LogP contribution in [0, 0.1) is 11.2 Å². The minimum absolute atomic E-state index is 0.0832. The number of rotatable bonds is 4. The van der Waals surface area contributed by atoms with Crippen molar-refractivity contribution in [3.8, 4) is 0 Å². The molecule has 92 valence electrons. The number of nitrogens with one attached hydrogen (secondary N) is 1. The average molecular weight is 238 g/mol. The van der Waals surface area contributed by atoms with Gasteiger partial charge in [0.2, 0.25) is 0 Å². The highest BCUT2D eigenvalue weighted by Gasteiger charge is 2.17. The fraction of sp³-hybridized carbons (Fsp3) is 0.417. The molecular formula is C12H15FN2O2. The van der Waals surface area contributed by atoms with Gasteiger partial charge >= 0.3 is 0 Å². The van der Waals surface area contributed by atoms with Gasteiger partial charge in [-0.15, -0.1) is 0 Å². The smallest absolute Gasteiger partial charge is 0.123 e. The molecule has 0 radical (unpaired) electrons. The predicted octanol–water partition coefficient (Wildman–Crippen LogP) is 1.42. The lowest BCUT2D eigenvalue weighted by atomic mass is 10.1. The van der Waals surface area contributed by atoms with Gasteiger partial charge in [-0.3, -0.25) is 5.41 Å². The van der Waals surface area contributed by atoms with Gasteiger partial charge in [-0.05, 0) is 24.1 Å². The third-order valence-electron chi connectivity index (χ3n) is 2.72. The Balaban J connectivity index is 2.06.